The van der Waals surface area contributed by atoms with Gasteiger partial charge in [-0.25, -0.2) is 16.8 Å². The summed E-state index contributed by atoms with van der Waals surface area (Å²) >= 11 is 0. The van der Waals surface area contributed by atoms with E-state index in [1.807, 2.05) is 13.8 Å². The molecule has 0 aliphatic rings. The molecule has 0 heterocycles. The molecule has 0 radical (unpaired) electrons. The molecule has 1 unspecified atom stereocenters. The van der Waals surface area contributed by atoms with Crippen LogP contribution in [0.2, 0.25) is 0 Å². The Kier molecular flexibility index (Phi) is 14.2. The van der Waals surface area contributed by atoms with Crippen molar-refractivity contribution in [2.75, 3.05) is 0 Å². The van der Waals surface area contributed by atoms with Gasteiger partial charge >= 0.3 is 59.1 Å². The minimum atomic E-state index is -5.29. The van der Waals surface area contributed by atoms with Gasteiger partial charge in [-0.1, -0.05) is 26.7 Å². The molecule has 0 saturated carbocycles. The Hall–Kier alpha value is 1.78. The normalized spacial score (nSPS) is 13.8. The van der Waals surface area contributed by atoms with Crippen molar-refractivity contribution in [3.63, 3.8) is 0 Å². The van der Waals surface area contributed by atoms with Crippen LogP contribution in [0.4, 0.5) is 0 Å². The summed E-state index contributed by atoms with van der Waals surface area (Å²) in [5, 5.41) is 0. The Morgan fingerprint density at radius 3 is 1.53 bits per heavy atom. The predicted molar refractivity (Wildman–Crippen MR) is 59.4 cm³/mol. The van der Waals surface area contributed by atoms with E-state index in [-0.39, 0.29) is 65.5 Å². The fraction of sp³-hybridized carbons (Fsp3) is 1.00. The van der Waals surface area contributed by atoms with E-state index >= 15 is 0 Å². The summed E-state index contributed by atoms with van der Waals surface area (Å²) < 4.78 is 63.7. The number of rotatable bonds is 7. The second-order valence-corrected chi connectivity index (χ2v) is 7.04. The van der Waals surface area contributed by atoms with E-state index in [2.05, 4.69) is 0 Å². The molecule has 0 fully saturated rings. The molecule has 0 saturated heterocycles. The summed E-state index contributed by atoms with van der Waals surface area (Å²) in [5.74, 6) is 0.378. The van der Waals surface area contributed by atoms with Crippen LogP contribution in [0, 0.1) is 5.92 Å². The van der Waals surface area contributed by atoms with Crippen molar-refractivity contribution >= 4 is 20.6 Å². The van der Waals surface area contributed by atoms with Gasteiger partial charge in [0.2, 0.25) is 0 Å². The van der Waals surface area contributed by atoms with Crippen LogP contribution >= 0.6 is 0 Å². The van der Waals surface area contributed by atoms with Crippen LogP contribution in [0.25, 0.3) is 0 Å². The molecule has 0 amide bonds. The summed E-state index contributed by atoms with van der Waals surface area (Å²) in [4.78, 5) is 0. The molecule has 0 aromatic heterocycles. The third kappa shape index (κ3) is 11.1. The van der Waals surface area contributed by atoms with Crippen molar-refractivity contribution in [2.24, 2.45) is 5.92 Å². The standard InChI is InChI=1S/C8H19NO6S2.2Na/c1-7(2)5-4-6-8(3)9(16(10,11)12)17(13,14)15;;/h7-8H,4-6H2,1-3H3,(H,10,11,12)(H,13,14,15);;/q;2*+1/p-2. The molecular formula is C8H17NNa2O6S2. The van der Waals surface area contributed by atoms with E-state index in [1.165, 1.54) is 6.92 Å². The third-order valence-electron chi connectivity index (χ3n) is 2.20. The van der Waals surface area contributed by atoms with Gasteiger partial charge in [-0.3, -0.25) is 0 Å². The van der Waals surface area contributed by atoms with Crippen molar-refractivity contribution in [3.05, 3.63) is 0 Å². The third-order valence-corrected chi connectivity index (χ3v) is 4.90. The maximum atomic E-state index is 10.7. The van der Waals surface area contributed by atoms with Gasteiger partial charge in [0, 0.05) is 6.04 Å². The van der Waals surface area contributed by atoms with Gasteiger partial charge in [-0.2, -0.15) is 0 Å². The summed E-state index contributed by atoms with van der Waals surface area (Å²) in [6.07, 6.45) is 1.46. The predicted octanol–water partition coefficient (Wildman–Crippen LogP) is -5.57. The number of nitrogens with zero attached hydrogens (tertiary/aromatic N) is 1. The van der Waals surface area contributed by atoms with Gasteiger partial charge in [-0.05, 0) is 19.3 Å². The van der Waals surface area contributed by atoms with Gasteiger partial charge in [0.15, 0.2) is 20.6 Å². The quantitative estimate of drug-likeness (QED) is 0.339. The monoisotopic (exact) mass is 333 g/mol. The van der Waals surface area contributed by atoms with Gasteiger partial charge in [0.25, 0.3) is 0 Å². The maximum absolute atomic E-state index is 10.7. The molecular weight excluding hydrogens is 316 g/mol. The summed E-state index contributed by atoms with van der Waals surface area (Å²) in [7, 11) is -10.6. The summed E-state index contributed by atoms with van der Waals surface area (Å²) in [6.45, 7) is 5.14. The number of hydrogen-bond acceptors (Lipinski definition) is 6. The molecule has 0 bridgehead atoms. The average Bonchev–Trinajstić information content (AvgIpc) is 1.96. The first-order valence-electron chi connectivity index (χ1n) is 5.17. The molecule has 1 atom stereocenters. The average molecular weight is 333 g/mol. The second-order valence-electron chi connectivity index (χ2n) is 4.31. The van der Waals surface area contributed by atoms with Crippen LogP contribution in [0.15, 0.2) is 0 Å². The Labute approximate surface area is 159 Å². The van der Waals surface area contributed by atoms with E-state index in [9.17, 15) is 25.9 Å². The Bertz CT molecular complexity index is 404. The smallest absolute Gasteiger partial charge is 0.735 e. The van der Waals surface area contributed by atoms with E-state index < -0.39 is 30.4 Å². The fourth-order valence-corrected chi connectivity index (χ4v) is 3.47. The zero-order valence-electron chi connectivity index (χ0n) is 12.0. The zero-order valence-corrected chi connectivity index (χ0v) is 17.6. The molecule has 11 heteroatoms. The topological polar surface area (TPSA) is 118 Å². The second kappa shape index (κ2) is 10.5. The van der Waals surface area contributed by atoms with Crippen LogP contribution in [0.5, 0.6) is 0 Å². The molecule has 0 spiro atoms. The molecule has 0 aromatic carbocycles. The minimum absolute atomic E-state index is 0. The molecule has 0 aliphatic carbocycles. The fourth-order valence-electron chi connectivity index (χ4n) is 1.48. The van der Waals surface area contributed by atoms with Crippen LogP contribution in [-0.2, 0) is 20.6 Å². The molecule has 19 heavy (non-hydrogen) atoms. The molecule has 7 nitrogen and oxygen atoms in total. The van der Waals surface area contributed by atoms with Crippen molar-refractivity contribution in [3.8, 4) is 0 Å². The first-order valence-corrected chi connectivity index (χ1v) is 7.90. The largest absolute Gasteiger partial charge is 1.00 e. The van der Waals surface area contributed by atoms with Gasteiger partial charge < -0.3 is 9.11 Å². The minimum Gasteiger partial charge on any atom is -0.735 e. The van der Waals surface area contributed by atoms with Crippen LogP contribution in [-0.4, -0.2) is 35.7 Å². The molecule has 104 valence electrons. The SMILES string of the molecule is CC(C)CCCC(C)N(S(=O)(=O)[O-])S(=O)(=O)[O-].[Na+].[Na+]. The molecule has 0 N–H and O–H groups in total. The van der Waals surface area contributed by atoms with E-state index in [4.69, 9.17) is 0 Å². The van der Waals surface area contributed by atoms with Crippen molar-refractivity contribution < 1.29 is 85.1 Å². The van der Waals surface area contributed by atoms with Gasteiger partial charge in [0.05, 0.1) is 0 Å². The maximum Gasteiger partial charge on any atom is 1.00 e. The van der Waals surface area contributed by atoms with Gasteiger partial charge in [0.1, 0.15) is 0 Å². The van der Waals surface area contributed by atoms with E-state index in [0.29, 0.717) is 12.3 Å². The molecule has 0 aliphatic heterocycles. The Balaban J connectivity index is -0.00000128. The first-order chi connectivity index (χ1) is 7.46. The van der Waals surface area contributed by atoms with Crippen molar-refractivity contribution in [1.29, 1.82) is 0 Å². The van der Waals surface area contributed by atoms with Gasteiger partial charge in [-0.15, -0.1) is 3.71 Å². The molecule has 0 aromatic rings. The van der Waals surface area contributed by atoms with Crippen molar-refractivity contribution in [2.45, 2.75) is 46.1 Å². The number of hydrogen-bond donors (Lipinski definition) is 0. The van der Waals surface area contributed by atoms with Crippen LogP contribution < -0.4 is 59.1 Å². The summed E-state index contributed by atoms with van der Waals surface area (Å²) in [6, 6.07) is -1.14. The molecule has 0 rings (SSSR count). The van der Waals surface area contributed by atoms with E-state index in [0.717, 1.165) is 6.42 Å². The first kappa shape index (κ1) is 25.7. The van der Waals surface area contributed by atoms with Crippen LogP contribution in [0.3, 0.4) is 0 Å². The van der Waals surface area contributed by atoms with Crippen molar-refractivity contribution in [1.82, 2.24) is 3.71 Å². The Morgan fingerprint density at radius 1 is 0.895 bits per heavy atom. The summed E-state index contributed by atoms with van der Waals surface area (Å²) in [5.41, 5.74) is 0. The van der Waals surface area contributed by atoms with Crippen LogP contribution in [0.1, 0.15) is 40.0 Å². The Morgan fingerprint density at radius 2 is 1.26 bits per heavy atom. The zero-order chi connectivity index (χ0) is 13.9. The van der Waals surface area contributed by atoms with E-state index in [1.54, 1.807) is 0 Å².